The van der Waals surface area contributed by atoms with E-state index in [-0.39, 0.29) is 6.04 Å². The van der Waals surface area contributed by atoms with Crippen molar-refractivity contribution in [1.82, 2.24) is 4.90 Å². The lowest BCUT2D eigenvalue weighted by molar-refractivity contribution is 0.195. The van der Waals surface area contributed by atoms with E-state index in [9.17, 15) is 0 Å². The molecule has 0 aliphatic carbocycles. The van der Waals surface area contributed by atoms with Crippen molar-refractivity contribution >= 4 is 38.6 Å². The van der Waals surface area contributed by atoms with Gasteiger partial charge in [-0.3, -0.25) is 4.90 Å². The Kier molecular flexibility index (Phi) is 4.98. The van der Waals surface area contributed by atoms with E-state index in [2.05, 4.69) is 63.8 Å². The van der Waals surface area contributed by atoms with Gasteiger partial charge in [-0.2, -0.15) is 0 Å². The molecule has 0 aliphatic rings. The van der Waals surface area contributed by atoms with E-state index in [0.717, 1.165) is 4.47 Å². The second kappa shape index (κ2) is 6.30. The number of hydrogen-bond acceptors (Lipinski definition) is 4. The molecule has 0 bridgehead atoms. The molecule has 2 nitrogen and oxygen atoms in total. The Bertz CT molecular complexity index is 481. The molecule has 0 aromatic carbocycles. The first-order valence-corrected chi connectivity index (χ1v) is 8.38. The highest BCUT2D eigenvalue weighted by atomic mass is 79.9. The standard InChI is InChI=1S/C13H17BrN2S2/c1-9(12-4-3-5-17-12)16(2)11(7-15)13-6-10(14)8-18-13/h3-6,8-9,11H,7,15H2,1-2H3. The van der Waals surface area contributed by atoms with E-state index < -0.39 is 0 Å². The van der Waals surface area contributed by atoms with Gasteiger partial charge in [-0.15, -0.1) is 22.7 Å². The summed E-state index contributed by atoms with van der Waals surface area (Å²) in [5.74, 6) is 0. The largest absolute Gasteiger partial charge is 0.329 e. The van der Waals surface area contributed by atoms with Gasteiger partial charge in [0.05, 0.1) is 6.04 Å². The second-order valence-electron chi connectivity index (χ2n) is 4.28. The van der Waals surface area contributed by atoms with Crippen LogP contribution >= 0.6 is 38.6 Å². The van der Waals surface area contributed by atoms with Crippen molar-refractivity contribution in [2.75, 3.05) is 13.6 Å². The van der Waals surface area contributed by atoms with Crippen LogP contribution in [0.25, 0.3) is 0 Å². The molecule has 0 saturated heterocycles. The molecule has 0 amide bonds. The number of likely N-dealkylation sites (N-methyl/N-ethyl adjacent to an activating group) is 1. The first kappa shape index (κ1) is 14.2. The first-order chi connectivity index (χ1) is 8.63. The molecule has 0 radical (unpaired) electrons. The summed E-state index contributed by atoms with van der Waals surface area (Å²) in [7, 11) is 2.15. The number of hydrogen-bond donors (Lipinski definition) is 1. The van der Waals surface area contributed by atoms with Gasteiger partial charge >= 0.3 is 0 Å². The number of halogens is 1. The molecule has 98 valence electrons. The Balaban J connectivity index is 2.17. The zero-order valence-electron chi connectivity index (χ0n) is 10.5. The summed E-state index contributed by atoms with van der Waals surface area (Å²) in [6.07, 6.45) is 0. The minimum absolute atomic E-state index is 0.276. The summed E-state index contributed by atoms with van der Waals surface area (Å²) < 4.78 is 1.14. The third-order valence-electron chi connectivity index (χ3n) is 3.20. The third-order valence-corrected chi connectivity index (χ3v) is 6.03. The topological polar surface area (TPSA) is 29.3 Å². The molecule has 0 spiro atoms. The van der Waals surface area contributed by atoms with Crippen molar-refractivity contribution in [1.29, 1.82) is 0 Å². The van der Waals surface area contributed by atoms with E-state index >= 15 is 0 Å². The smallest absolute Gasteiger partial charge is 0.0567 e. The Hall–Kier alpha value is -0.200. The van der Waals surface area contributed by atoms with Gasteiger partial charge in [-0.25, -0.2) is 0 Å². The van der Waals surface area contributed by atoms with Crippen molar-refractivity contribution in [3.8, 4) is 0 Å². The highest BCUT2D eigenvalue weighted by molar-refractivity contribution is 9.10. The highest BCUT2D eigenvalue weighted by Crippen LogP contribution is 2.34. The lowest BCUT2D eigenvalue weighted by atomic mass is 10.1. The minimum atomic E-state index is 0.276. The van der Waals surface area contributed by atoms with Crippen molar-refractivity contribution in [3.63, 3.8) is 0 Å². The van der Waals surface area contributed by atoms with Crippen LogP contribution in [-0.2, 0) is 0 Å². The molecule has 2 atom stereocenters. The van der Waals surface area contributed by atoms with E-state index in [0.29, 0.717) is 12.6 Å². The lowest BCUT2D eigenvalue weighted by Crippen LogP contribution is -2.31. The molecule has 0 saturated carbocycles. The Morgan fingerprint density at radius 3 is 2.67 bits per heavy atom. The summed E-state index contributed by atoms with van der Waals surface area (Å²) in [5.41, 5.74) is 5.96. The summed E-state index contributed by atoms with van der Waals surface area (Å²) in [5, 5.41) is 4.24. The predicted molar refractivity (Wildman–Crippen MR) is 84.3 cm³/mol. The van der Waals surface area contributed by atoms with Gasteiger partial charge in [-0.05, 0) is 47.4 Å². The molecule has 18 heavy (non-hydrogen) atoms. The van der Waals surface area contributed by atoms with Crippen LogP contribution in [0.5, 0.6) is 0 Å². The third kappa shape index (κ3) is 3.03. The van der Waals surface area contributed by atoms with Crippen molar-refractivity contribution < 1.29 is 0 Å². The maximum Gasteiger partial charge on any atom is 0.0567 e. The Labute approximate surface area is 125 Å². The minimum Gasteiger partial charge on any atom is -0.329 e. The number of nitrogens with two attached hydrogens (primary N) is 1. The molecule has 5 heteroatoms. The van der Waals surface area contributed by atoms with Crippen LogP contribution in [0, 0.1) is 0 Å². The van der Waals surface area contributed by atoms with Gasteiger partial charge in [0.15, 0.2) is 0 Å². The molecule has 2 aromatic rings. The molecule has 2 heterocycles. The predicted octanol–water partition coefficient (Wildman–Crippen LogP) is 4.26. The van der Waals surface area contributed by atoms with Crippen LogP contribution in [0.15, 0.2) is 33.4 Å². The molecular weight excluding hydrogens is 328 g/mol. The van der Waals surface area contributed by atoms with Gasteiger partial charge in [-0.1, -0.05) is 6.07 Å². The average Bonchev–Trinajstić information content (AvgIpc) is 3.00. The monoisotopic (exact) mass is 344 g/mol. The Morgan fingerprint density at radius 2 is 2.17 bits per heavy atom. The zero-order valence-corrected chi connectivity index (χ0v) is 13.7. The number of thiophene rings is 2. The van der Waals surface area contributed by atoms with Gasteiger partial charge < -0.3 is 5.73 Å². The van der Waals surface area contributed by atoms with Crippen LogP contribution in [-0.4, -0.2) is 18.5 Å². The summed E-state index contributed by atoms with van der Waals surface area (Å²) in [6.45, 7) is 2.87. The van der Waals surface area contributed by atoms with Crippen LogP contribution < -0.4 is 5.73 Å². The molecular formula is C13H17BrN2S2. The van der Waals surface area contributed by atoms with Gasteiger partial charge in [0.1, 0.15) is 0 Å². The van der Waals surface area contributed by atoms with Crippen LogP contribution in [0.1, 0.15) is 28.8 Å². The molecule has 0 aliphatic heterocycles. The van der Waals surface area contributed by atoms with E-state index in [1.54, 1.807) is 22.7 Å². The fourth-order valence-electron chi connectivity index (χ4n) is 1.99. The normalized spacial score (nSPS) is 14.9. The second-order valence-corrected chi connectivity index (χ2v) is 7.11. The average molecular weight is 345 g/mol. The van der Waals surface area contributed by atoms with Crippen LogP contribution in [0.3, 0.4) is 0 Å². The van der Waals surface area contributed by atoms with E-state index in [1.165, 1.54) is 9.75 Å². The van der Waals surface area contributed by atoms with Gasteiger partial charge in [0.2, 0.25) is 0 Å². The van der Waals surface area contributed by atoms with E-state index in [4.69, 9.17) is 5.73 Å². The maximum atomic E-state index is 5.96. The highest BCUT2D eigenvalue weighted by Gasteiger charge is 2.23. The molecule has 2 aromatic heterocycles. The SMILES string of the molecule is CC(c1cccs1)N(C)C(CN)c1cc(Br)cs1. The molecule has 2 unspecified atom stereocenters. The van der Waals surface area contributed by atoms with E-state index in [1.807, 2.05) is 0 Å². The summed E-state index contributed by atoms with van der Waals surface area (Å²) >= 11 is 7.07. The summed E-state index contributed by atoms with van der Waals surface area (Å²) in [6, 6.07) is 7.12. The first-order valence-electron chi connectivity index (χ1n) is 5.82. The van der Waals surface area contributed by atoms with Crippen molar-refractivity contribution in [2.45, 2.75) is 19.0 Å². The quantitative estimate of drug-likeness (QED) is 0.877. The van der Waals surface area contributed by atoms with Crippen LogP contribution in [0.4, 0.5) is 0 Å². The fourth-order valence-corrected chi connectivity index (χ4v) is 4.43. The number of rotatable bonds is 5. The molecule has 2 N–H and O–H groups in total. The molecule has 2 rings (SSSR count). The summed E-state index contributed by atoms with van der Waals surface area (Å²) in [4.78, 5) is 5.05. The number of nitrogens with zero attached hydrogens (tertiary/aromatic N) is 1. The van der Waals surface area contributed by atoms with Crippen molar-refractivity contribution in [3.05, 3.63) is 43.2 Å². The van der Waals surface area contributed by atoms with Gasteiger partial charge in [0, 0.05) is 32.2 Å². The van der Waals surface area contributed by atoms with Crippen LogP contribution in [0.2, 0.25) is 0 Å². The lowest BCUT2D eigenvalue weighted by Gasteiger charge is -2.31. The Morgan fingerprint density at radius 1 is 1.39 bits per heavy atom. The van der Waals surface area contributed by atoms with Crippen molar-refractivity contribution in [2.24, 2.45) is 5.73 Å². The zero-order chi connectivity index (χ0) is 13.1. The molecule has 0 fully saturated rings. The maximum absolute atomic E-state index is 5.96. The fraction of sp³-hybridized carbons (Fsp3) is 0.385. The van der Waals surface area contributed by atoms with Gasteiger partial charge in [0.25, 0.3) is 0 Å².